The minimum atomic E-state index is -0.476. The Balaban J connectivity index is 1.45. The van der Waals surface area contributed by atoms with Gasteiger partial charge in [0.05, 0.1) is 25.4 Å². The molecule has 0 aromatic heterocycles. The normalized spacial score (nSPS) is 10.5. The lowest BCUT2D eigenvalue weighted by molar-refractivity contribution is -0.120. The van der Waals surface area contributed by atoms with Gasteiger partial charge in [-0.3, -0.25) is 9.59 Å². The standard InChI is InChI=1S/C24H20IN3O5/c1-32-18-12-8-17(9-13-18)23(30)26-15-22(29)28-27-14-16-6-10-19(11-7-16)33-24(31)20-4-2-3-5-21(20)25/h2-14H,15H2,1H3,(H,26,30)(H,28,29)/b27-14-. The summed E-state index contributed by atoms with van der Waals surface area (Å²) in [6, 6.07) is 20.3. The second-order valence-electron chi connectivity index (χ2n) is 6.64. The lowest BCUT2D eigenvalue weighted by Crippen LogP contribution is -2.34. The summed E-state index contributed by atoms with van der Waals surface area (Å²) < 4.78 is 11.2. The van der Waals surface area contributed by atoms with Gasteiger partial charge in [-0.25, -0.2) is 10.2 Å². The zero-order valence-electron chi connectivity index (χ0n) is 17.6. The molecule has 0 spiro atoms. The van der Waals surface area contributed by atoms with Crippen molar-refractivity contribution in [3.05, 3.63) is 93.1 Å². The highest BCUT2D eigenvalue weighted by Crippen LogP contribution is 2.17. The van der Waals surface area contributed by atoms with Crippen LogP contribution in [0.1, 0.15) is 26.3 Å². The van der Waals surface area contributed by atoms with Crippen molar-refractivity contribution in [1.82, 2.24) is 10.7 Å². The Morgan fingerprint density at radius 3 is 2.27 bits per heavy atom. The average Bonchev–Trinajstić information content (AvgIpc) is 2.84. The molecule has 3 rings (SSSR count). The summed E-state index contributed by atoms with van der Waals surface area (Å²) in [6.45, 7) is -0.227. The Kier molecular flexibility index (Phi) is 8.53. The van der Waals surface area contributed by atoms with Crippen LogP contribution in [-0.2, 0) is 4.79 Å². The molecular weight excluding hydrogens is 537 g/mol. The molecule has 0 atom stereocenters. The van der Waals surface area contributed by atoms with E-state index in [9.17, 15) is 14.4 Å². The van der Waals surface area contributed by atoms with Gasteiger partial charge in [-0.1, -0.05) is 12.1 Å². The van der Waals surface area contributed by atoms with Crippen LogP contribution >= 0.6 is 22.6 Å². The largest absolute Gasteiger partial charge is 0.497 e. The van der Waals surface area contributed by atoms with Crippen molar-refractivity contribution >= 4 is 46.6 Å². The molecule has 0 aliphatic heterocycles. The van der Waals surface area contributed by atoms with E-state index in [-0.39, 0.29) is 12.5 Å². The lowest BCUT2D eigenvalue weighted by atomic mass is 10.2. The number of carbonyl (C=O) groups excluding carboxylic acids is 3. The van der Waals surface area contributed by atoms with Gasteiger partial charge in [0.1, 0.15) is 11.5 Å². The summed E-state index contributed by atoms with van der Waals surface area (Å²) in [5, 5.41) is 6.38. The van der Waals surface area contributed by atoms with Crippen molar-refractivity contribution in [2.24, 2.45) is 5.10 Å². The maximum atomic E-state index is 12.3. The number of esters is 1. The Bertz CT molecular complexity index is 1160. The molecule has 3 aromatic rings. The van der Waals surface area contributed by atoms with E-state index in [1.54, 1.807) is 60.7 Å². The quantitative estimate of drug-likeness (QED) is 0.145. The van der Waals surface area contributed by atoms with Crippen LogP contribution in [0.25, 0.3) is 0 Å². The smallest absolute Gasteiger partial charge is 0.344 e. The van der Waals surface area contributed by atoms with Gasteiger partial charge in [-0.05, 0) is 88.8 Å². The molecule has 0 saturated carbocycles. The highest BCUT2D eigenvalue weighted by Gasteiger charge is 2.11. The number of methoxy groups -OCH3 is 1. The molecule has 33 heavy (non-hydrogen) atoms. The minimum Gasteiger partial charge on any atom is -0.497 e. The molecule has 0 fully saturated rings. The van der Waals surface area contributed by atoms with Crippen molar-refractivity contribution in [2.45, 2.75) is 0 Å². The number of ether oxygens (including phenoxy) is 2. The fourth-order valence-corrected chi connectivity index (χ4v) is 3.24. The van der Waals surface area contributed by atoms with Crippen molar-refractivity contribution < 1.29 is 23.9 Å². The number of hydrogen-bond acceptors (Lipinski definition) is 6. The van der Waals surface area contributed by atoms with Crippen LogP contribution in [0.3, 0.4) is 0 Å². The molecule has 2 amide bonds. The fourth-order valence-electron chi connectivity index (χ4n) is 2.63. The Morgan fingerprint density at radius 2 is 1.61 bits per heavy atom. The predicted octanol–water partition coefficient (Wildman–Crippen LogP) is 3.40. The van der Waals surface area contributed by atoms with E-state index in [1.165, 1.54) is 13.3 Å². The van der Waals surface area contributed by atoms with E-state index in [4.69, 9.17) is 9.47 Å². The highest BCUT2D eigenvalue weighted by molar-refractivity contribution is 14.1. The molecule has 0 heterocycles. The van der Waals surface area contributed by atoms with Gasteiger partial charge in [0.15, 0.2) is 0 Å². The number of hydrazone groups is 1. The van der Waals surface area contributed by atoms with E-state index < -0.39 is 11.9 Å². The number of amides is 2. The zero-order chi connectivity index (χ0) is 23.6. The third-order valence-corrected chi connectivity index (χ3v) is 5.29. The molecule has 0 saturated heterocycles. The third-order valence-electron chi connectivity index (χ3n) is 4.35. The molecule has 8 nitrogen and oxygen atoms in total. The molecule has 168 valence electrons. The molecule has 0 aliphatic rings. The van der Waals surface area contributed by atoms with Crippen LogP contribution in [0.15, 0.2) is 77.9 Å². The lowest BCUT2D eigenvalue weighted by Gasteiger charge is -2.06. The Morgan fingerprint density at radius 1 is 0.939 bits per heavy atom. The van der Waals surface area contributed by atoms with Crippen LogP contribution in [0, 0.1) is 3.57 Å². The van der Waals surface area contributed by atoms with Gasteiger partial charge in [0.25, 0.3) is 11.8 Å². The number of hydrogen-bond donors (Lipinski definition) is 2. The van der Waals surface area contributed by atoms with Gasteiger partial charge in [-0.2, -0.15) is 5.10 Å². The number of rotatable bonds is 8. The van der Waals surface area contributed by atoms with E-state index in [0.717, 1.165) is 3.57 Å². The summed E-state index contributed by atoms with van der Waals surface area (Å²) in [5.41, 5.74) is 3.93. The second-order valence-corrected chi connectivity index (χ2v) is 7.80. The first-order valence-corrected chi connectivity index (χ1v) is 10.8. The van der Waals surface area contributed by atoms with Gasteiger partial charge >= 0.3 is 5.97 Å². The summed E-state index contributed by atoms with van der Waals surface area (Å²) in [7, 11) is 1.54. The van der Waals surface area contributed by atoms with Gasteiger partial charge in [0, 0.05) is 9.13 Å². The average molecular weight is 557 g/mol. The molecular formula is C24H20IN3O5. The van der Waals surface area contributed by atoms with Crippen molar-refractivity contribution in [3.63, 3.8) is 0 Å². The van der Waals surface area contributed by atoms with Crippen molar-refractivity contribution in [1.29, 1.82) is 0 Å². The molecule has 3 aromatic carbocycles. The third kappa shape index (κ3) is 7.14. The summed E-state index contributed by atoms with van der Waals surface area (Å²) in [5.74, 6) is -0.272. The van der Waals surface area contributed by atoms with Crippen LogP contribution in [0.2, 0.25) is 0 Å². The first-order valence-electron chi connectivity index (χ1n) is 9.77. The zero-order valence-corrected chi connectivity index (χ0v) is 19.7. The topological polar surface area (TPSA) is 106 Å². The molecule has 2 N–H and O–H groups in total. The number of nitrogens with one attached hydrogen (secondary N) is 2. The SMILES string of the molecule is COc1ccc(C(=O)NCC(=O)N/N=C\c2ccc(OC(=O)c3ccccc3I)cc2)cc1. The summed E-state index contributed by atoms with van der Waals surface area (Å²) in [4.78, 5) is 36.2. The van der Waals surface area contributed by atoms with Crippen molar-refractivity contribution in [3.8, 4) is 11.5 Å². The highest BCUT2D eigenvalue weighted by atomic mass is 127. The van der Waals surface area contributed by atoms with Crippen LogP contribution in [-0.4, -0.2) is 37.7 Å². The minimum absolute atomic E-state index is 0.227. The molecule has 0 radical (unpaired) electrons. The number of carbonyl (C=O) groups is 3. The number of halogens is 1. The van der Waals surface area contributed by atoms with Gasteiger partial charge in [0.2, 0.25) is 0 Å². The molecule has 9 heteroatoms. The number of benzene rings is 3. The van der Waals surface area contributed by atoms with Crippen LogP contribution < -0.4 is 20.2 Å². The van der Waals surface area contributed by atoms with E-state index in [0.29, 0.717) is 28.2 Å². The first kappa shape index (κ1) is 23.9. The first-order chi connectivity index (χ1) is 16.0. The van der Waals surface area contributed by atoms with E-state index in [2.05, 4.69) is 38.4 Å². The molecule has 0 bridgehead atoms. The number of nitrogens with zero attached hydrogens (tertiary/aromatic N) is 1. The molecule has 0 aliphatic carbocycles. The predicted molar refractivity (Wildman–Crippen MR) is 132 cm³/mol. The summed E-state index contributed by atoms with van der Waals surface area (Å²) in [6.07, 6.45) is 1.44. The Labute approximate surface area is 204 Å². The second kappa shape index (κ2) is 11.8. The van der Waals surface area contributed by atoms with Crippen molar-refractivity contribution in [2.75, 3.05) is 13.7 Å². The van der Waals surface area contributed by atoms with Crippen LogP contribution in [0.4, 0.5) is 0 Å². The summed E-state index contributed by atoms with van der Waals surface area (Å²) >= 11 is 2.08. The van der Waals surface area contributed by atoms with E-state index >= 15 is 0 Å². The van der Waals surface area contributed by atoms with E-state index in [1.807, 2.05) is 12.1 Å². The van der Waals surface area contributed by atoms with Crippen LogP contribution in [0.5, 0.6) is 11.5 Å². The monoisotopic (exact) mass is 557 g/mol. The van der Waals surface area contributed by atoms with Gasteiger partial charge in [-0.15, -0.1) is 0 Å². The molecule has 0 unspecified atom stereocenters. The maximum Gasteiger partial charge on any atom is 0.344 e. The van der Waals surface area contributed by atoms with Gasteiger partial charge < -0.3 is 14.8 Å². The Hall–Kier alpha value is -3.73. The fraction of sp³-hybridized carbons (Fsp3) is 0.0833. The maximum absolute atomic E-state index is 12.3.